The van der Waals surface area contributed by atoms with Crippen LogP contribution in [0.4, 0.5) is 0 Å². The Bertz CT molecular complexity index is 914. The quantitative estimate of drug-likeness (QED) is 0.792. The normalized spacial score (nSPS) is 11.0. The number of ether oxygens (including phenoxy) is 1. The Labute approximate surface area is 142 Å². The number of aryl methyl sites for hydroxylation is 2. The monoisotopic (exact) mass is 345 g/mol. The first-order valence-electron chi connectivity index (χ1n) is 7.31. The van der Waals surface area contributed by atoms with E-state index in [0.29, 0.717) is 16.7 Å². The van der Waals surface area contributed by atoms with Crippen LogP contribution in [-0.2, 0) is 10.1 Å². The Hall–Kier alpha value is -2.52. The van der Waals surface area contributed by atoms with E-state index < -0.39 is 10.1 Å². The van der Waals surface area contributed by atoms with Gasteiger partial charge in [-0.25, -0.2) is 0 Å². The number of hydrogen-bond donors (Lipinski definition) is 0. The van der Waals surface area contributed by atoms with Crippen molar-refractivity contribution in [2.24, 2.45) is 0 Å². The molecule has 0 aliphatic carbocycles. The van der Waals surface area contributed by atoms with E-state index >= 15 is 0 Å². The Kier molecular flexibility index (Phi) is 4.86. The molecule has 0 radical (unpaired) electrons. The largest absolute Gasteiger partial charge is 0.493 e. The molecule has 0 bridgehead atoms. The molecule has 24 heavy (non-hydrogen) atoms. The Morgan fingerprint density at radius 1 is 0.958 bits per heavy atom. The van der Waals surface area contributed by atoms with E-state index in [1.165, 1.54) is 25.3 Å². The average Bonchev–Trinajstić information content (AvgIpc) is 2.53. The van der Waals surface area contributed by atoms with Crippen molar-refractivity contribution in [3.05, 3.63) is 52.1 Å². The molecule has 0 saturated carbocycles. The molecule has 126 valence electrons. The first-order valence-corrected chi connectivity index (χ1v) is 8.72. The van der Waals surface area contributed by atoms with Crippen LogP contribution in [0.3, 0.4) is 0 Å². The summed E-state index contributed by atoms with van der Waals surface area (Å²) >= 11 is 0. The summed E-state index contributed by atoms with van der Waals surface area (Å²) in [5, 5.41) is 8.93. The Morgan fingerprint density at radius 3 is 2.04 bits per heavy atom. The van der Waals surface area contributed by atoms with E-state index in [2.05, 4.69) is 0 Å². The van der Waals surface area contributed by atoms with E-state index in [0.717, 1.165) is 11.1 Å². The van der Waals surface area contributed by atoms with Gasteiger partial charge in [0.15, 0.2) is 11.5 Å². The maximum atomic E-state index is 12.8. The third-order valence-corrected chi connectivity index (χ3v) is 5.55. The zero-order valence-corrected chi connectivity index (χ0v) is 15.1. The summed E-state index contributed by atoms with van der Waals surface area (Å²) in [5.74, 6) is 0.242. The first kappa shape index (κ1) is 17.8. The lowest BCUT2D eigenvalue weighted by Crippen LogP contribution is -2.15. The van der Waals surface area contributed by atoms with Gasteiger partial charge in [-0.2, -0.15) is 13.7 Å². The van der Waals surface area contributed by atoms with E-state index in [9.17, 15) is 8.42 Å². The van der Waals surface area contributed by atoms with Crippen molar-refractivity contribution in [2.75, 3.05) is 7.11 Å². The second-order valence-electron chi connectivity index (χ2n) is 5.60. The van der Waals surface area contributed by atoms with Gasteiger partial charge in [-0.3, -0.25) is 0 Å². The molecule has 0 aliphatic heterocycles. The van der Waals surface area contributed by atoms with Gasteiger partial charge in [0.2, 0.25) is 0 Å². The average molecular weight is 345 g/mol. The minimum Gasteiger partial charge on any atom is -0.493 e. The van der Waals surface area contributed by atoms with Crippen molar-refractivity contribution in [1.82, 2.24) is 0 Å². The van der Waals surface area contributed by atoms with Crippen LogP contribution in [0.15, 0.2) is 29.2 Å². The smallest absolute Gasteiger partial charge is 0.339 e. The molecular weight excluding hydrogens is 326 g/mol. The van der Waals surface area contributed by atoms with Crippen LogP contribution in [0.5, 0.6) is 11.5 Å². The highest BCUT2D eigenvalue weighted by molar-refractivity contribution is 7.87. The summed E-state index contributed by atoms with van der Waals surface area (Å²) in [6.07, 6.45) is 0. The molecule has 0 amide bonds. The van der Waals surface area contributed by atoms with Crippen LogP contribution in [0.1, 0.15) is 27.8 Å². The van der Waals surface area contributed by atoms with Gasteiger partial charge in [-0.1, -0.05) is 6.07 Å². The predicted molar refractivity (Wildman–Crippen MR) is 90.9 cm³/mol. The van der Waals surface area contributed by atoms with Crippen molar-refractivity contribution >= 4 is 10.1 Å². The number of hydrogen-bond acceptors (Lipinski definition) is 5. The van der Waals surface area contributed by atoms with Crippen molar-refractivity contribution in [1.29, 1.82) is 5.26 Å². The molecule has 0 N–H and O–H groups in total. The second kappa shape index (κ2) is 6.54. The van der Waals surface area contributed by atoms with Gasteiger partial charge in [0.1, 0.15) is 4.90 Å². The molecule has 5 nitrogen and oxygen atoms in total. The minimum atomic E-state index is -4.03. The predicted octanol–water partition coefficient (Wildman–Crippen LogP) is 3.57. The number of methoxy groups -OCH3 is 1. The fraction of sp³-hybridized carbons (Fsp3) is 0.278. The van der Waals surface area contributed by atoms with E-state index in [-0.39, 0.29) is 16.4 Å². The molecule has 0 aliphatic rings. The number of rotatable bonds is 4. The van der Waals surface area contributed by atoms with E-state index in [1.807, 2.05) is 26.0 Å². The molecule has 2 aromatic rings. The third kappa shape index (κ3) is 3.22. The Balaban J connectivity index is 2.57. The fourth-order valence-corrected chi connectivity index (χ4v) is 4.05. The van der Waals surface area contributed by atoms with Gasteiger partial charge in [0.25, 0.3) is 0 Å². The first-order chi connectivity index (χ1) is 11.2. The maximum Gasteiger partial charge on any atom is 0.339 e. The number of nitriles is 1. The SMILES string of the molecule is COc1cc(C#N)ccc1OS(=O)(=O)c1c(C)c(C)cc(C)c1C. The summed E-state index contributed by atoms with van der Waals surface area (Å²) in [6, 6.07) is 8.26. The van der Waals surface area contributed by atoms with Crippen molar-refractivity contribution in [3.8, 4) is 17.6 Å². The van der Waals surface area contributed by atoms with Crippen LogP contribution in [0.2, 0.25) is 0 Å². The maximum absolute atomic E-state index is 12.8. The number of benzene rings is 2. The highest BCUT2D eigenvalue weighted by Crippen LogP contribution is 2.33. The summed E-state index contributed by atoms with van der Waals surface area (Å²) in [4.78, 5) is 0.173. The molecular formula is C18H19NO4S. The van der Waals surface area contributed by atoms with Gasteiger partial charge in [-0.15, -0.1) is 0 Å². The lowest BCUT2D eigenvalue weighted by atomic mass is 10.0. The number of nitrogens with zero attached hydrogens (tertiary/aromatic N) is 1. The third-order valence-electron chi connectivity index (χ3n) is 4.04. The summed E-state index contributed by atoms with van der Waals surface area (Å²) in [7, 11) is -2.64. The van der Waals surface area contributed by atoms with Crippen LogP contribution < -0.4 is 8.92 Å². The van der Waals surface area contributed by atoms with Crippen molar-refractivity contribution in [3.63, 3.8) is 0 Å². The van der Waals surface area contributed by atoms with Gasteiger partial charge >= 0.3 is 10.1 Å². The highest BCUT2D eigenvalue weighted by atomic mass is 32.2. The molecule has 0 aromatic heterocycles. The summed E-state index contributed by atoms with van der Waals surface area (Å²) < 4.78 is 36.1. The molecule has 0 unspecified atom stereocenters. The standard InChI is InChI=1S/C18H19NO4S/c1-11-8-12(2)14(4)18(13(11)3)24(20,21)23-16-7-6-15(10-19)9-17(16)22-5/h6-9H,1-5H3. The topological polar surface area (TPSA) is 76.4 Å². The van der Waals surface area contributed by atoms with Crippen molar-refractivity contribution < 1.29 is 17.3 Å². The fourth-order valence-electron chi connectivity index (χ4n) is 2.52. The van der Waals surface area contributed by atoms with Gasteiger partial charge in [0, 0.05) is 6.07 Å². The zero-order chi connectivity index (χ0) is 18.1. The van der Waals surface area contributed by atoms with E-state index in [1.54, 1.807) is 13.8 Å². The zero-order valence-electron chi connectivity index (χ0n) is 14.3. The van der Waals surface area contributed by atoms with Crippen LogP contribution >= 0.6 is 0 Å². The van der Waals surface area contributed by atoms with E-state index in [4.69, 9.17) is 14.2 Å². The molecule has 0 atom stereocenters. The highest BCUT2D eigenvalue weighted by Gasteiger charge is 2.25. The van der Waals surface area contributed by atoms with Gasteiger partial charge in [0.05, 0.1) is 18.7 Å². The summed E-state index contributed by atoms with van der Waals surface area (Å²) in [6.45, 7) is 7.24. The van der Waals surface area contributed by atoms with Gasteiger partial charge < -0.3 is 8.92 Å². The molecule has 0 spiro atoms. The molecule has 0 fully saturated rings. The van der Waals surface area contributed by atoms with Crippen LogP contribution in [0, 0.1) is 39.0 Å². The molecule has 6 heteroatoms. The molecule has 2 rings (SSSR count). The minimum absolute atomic E-state index is 0.0504. The second-order valence-corrected chi connectivity index (χ2v) is 7.09. The lowest BCUT2D eigenvalue weighted by molar-refractivity contribution is 0.390. The lowest BCUT2D eigenvalue weighted by Gasteiger charge is -2.17. The van der Waals surface area contributed by atoms with Crippen LogP contribution in [0.25, 0.3) is 0 Å². The summed E-state index contributed by atoms with van der Waals surface area (Å²) in [5.41, 5.74) is 3.44. The van der Waals surface area contributed by atoms with Gasteiger partial charge in [-0.05, 0) is 62.1 Å². The molecule has 2 aromatic carbocycles. The van der Waals surface area contributed by atoms with Crippen molar-refractivity contribution in [2.45, 2.75) is 32.6 Å². The van der Waals surface area contributed by atoms with Crippen LogP contribution in [-0.4, -0.2) is 15.5 Å². The Morgan fingerprint density at radius 2 is 1.54 bits per heavy atom. The molecule has 0 saturated heterocycles. The molecule has 0 heterocycles.